The van der Waals surface area contributed by atoms with Gasteiger partial charge in [0, 0.05) is 7.05 Å². The molecule has 6 heteroatoms. The van der Waals surface area contributed by atoms with Crippen LogP contribution < -0.4 is 9.47 Å². The van der Waals surface area contributed by atoms with E-state index < -0.39 is 6.04 Å². The molecule has 0 unspecified atom stereocenters. The Labute approximate surface area is 154 Å². The molecule has 6 nitrogen and oxygen atoms in total. The molecule has 0 saturated carbocycles. The van der Waals surface area contributed by atoms with E-state index in [0.29, 0.717) is 19.6 Å². The fourth-order valence-electron chi connectivity index (χ4n) is 4.59. The lowest BCUT2D eigenvalue weighted by Gasteiger charge is -2.42. The summed E-state index contributed by atoms with van der Waals surface area (Å²) in [5.41, 5.74) is 0.851. The number of nitrogens with zero attached hydrogens (tertiary/aromatic N) is 2. The van der Waals surface area contributed by atoms with E-state index in [1.807, 2.05) is 23.1 Å². The molecule has 3 aliphatic rings. The Morgan fingerprint density at radius 2 is 1.85 bits per heavy atom. The van der Waals surface area contributed by atoms with Crippen LogP contribution in [0.5, 0.6) is 11.5 Å². The lowest BCUT2D eigenvalue weighted by atomic mass is 9.76. The number of rotatable bonds is 2. The molecule has 0 spiro atoms. The Balaban J connectivity index is 1.80. The first-order valence-electron chi connectivity index (χ1n) is 9.36. The third kappa shape index (κ3) is 2.31. The molecular weight excluding hydrogens is 332 g/mol. The number of carbonyl (C=O) groups is 2. The fourth-order valence-corrected chi connectivity index (χ4v) is 4.59. The van der Waals surface area contributed by atoms with Crippen LogP contribution in [0.3, 0.4) is 0 Å². The Bertz CT molecular complexity index is 764. The molecule has 0 radical (unpaired) electrons. The lowest BCUT2D eigenvalue weighted by molar-refractivity contribution is -0.159. The normalized spacial score (nSPS) is 33.5. The van der Waals surface area contributed by atoms with Crippen LogP contribution in [0.4, 0.5) is 0 Å². The third-order valence-electron chi connectivity index (χ3n) is 6.45. The average Bonchev–Trinajstić information content (AvgIpc) is 2.98. The summed E-state index contributed by atoms with van der Waals surface area (Å²) in [5, 5.41) is 0. The van der Waals surface area contributed by atoms with Crippen LogP contribution in [-0.2, 0) is 9.59 Å². The molecule has 0 bridgehead atoms. The predicted octanol–water partition coefficient (Wildman–Crippen LogP) is 2.38. The van der Waals surface area contributed by atoms with Gasteiger partial charge in [-0.3, -0.25) is 9.59 Å². The summed E-state index contributed by atoms with van der Waals surface area (Å²) in [6, 6.07) is 4.95. The van der Waals surface area contributed by atoms with Crippen molar-refractivity contribution >= 4 is 11.8 Å². The van der Waals surface area contributed by atoms with E-state index in [1.54, 1.807) is 18.9 Å². The molecule has 2 amide bonds. The monoisotopic (exact) mass is 358 g/mol. The van der Waals surface area contributed by atoms with Crippen molar-refractivity contribution in [3.8, 4) is 11.5 Å². The van der Waals surface area contributed by atoms with E-state index >= 15 is 0 Å². The minimum absolute atomic E-state index is 0.0224. The van der Waals surface area contributed by atoms with E-state index in [4.69, 9.17) is 9.47 Å². The summed E-state index contributed by atoms with van der Waals surface area (Å²) in [6.45, 7) is 7.19. The Hall–Kier alpha value is -2.24. The van der Waals surface area contributed by atoms with E-state index in [1.165, 1.54) is 0 Å². The molecule has 3 aliphatic heterocycles. The van der Waals surface area contributed by atoms with Gasteiger partial charge in [0.1, 0.15) is 25.3 Å². The molecule has 2 saturated heterocycles. The zero-order valence-corrected chi connectivity index (χ0v) is 15.8. The summed E-state index contributed by atoms with van der Waals surface area (Å²) >= 11 is 0. The molecule has 1 aromatic carbocycles. The second-order valence-corrected chi connectivity index (χ2v) is 7.90. The number of amides is 2. The highest BCUT2D eigenvalue weighted by atomic mass is 16.6. The van der Waals surface area contributed by atoms with Gasteiger partial charge in [-0.25, -0.2) is 0 Å². The molecule has 1 aromatic rings. The highest BCUT2D eigenvalue weighted by Crippen LogP contribution is 2.54. The van der Waals surface area contributed by atoms with Crippen molar-refractivity contribution in [3.63, 3.8) is 0 Å². The number of fused-ring (bicyclic) bond motifs is 2. The van der Waals surface area contributed by atoms with Crippen LogP contribution in [-0.4, -0.2) is 54.0 Å². The topological polar surface area (TPSA) is 59.1 Å². The Morgan fingerprint density at radius 1 is 1.15 bits per heavy atom. The standard InChI is InChI=1S/C20H26N2O4/c1-5-20(3)11-14-19(24)21(4)12(2)18(23)22(14)17(20)13-6-7-15-16(10-13)26-9-8-25-15/h6-7,10,12,14,17H,5,8-9,11H2,1-4H3/t12-,14+,17+,20-/m1/s1. The van der Waals surface area contributed by atoms with Crippen molar-refractivity contribution in [1.29, 1.82) is 0 Å². The maximum absolute atomic E-state index is 13.1. The van der Waals surface area contributed by atoms with Gasteiger partial charge in [-0.1, -0.05) is 19.9 Å². The number of carbonyl (C=O) groups excluding carboxylic acids is 2. The molecule has 2 fully saturated rings. The largest absolute Gasteiger partial charge is 0.486 e. The summed E-state index contributed by atoms with van der Waals surface area (Å²) in [5.74, 6) is 1.52. The predicted molar refractivity (Wildman–Crippen MR) is 96.1 cm³/mol. The van der Waals surface area contributed by atoms with Crippen LogP contribution in [0.25, 0.3) is 0 Å². The Kier molecular flexibility index (Phi) is 3.90. The van der Waals surface area contributed by atoms with Crippen molar-refractivity contribution < 1.29 is 19.1 Å². The van der Waals surface area contributed by atoms with Crippen LogP contribution in [0, 0.1) is 5.41 Å². The van der Waals surface area contributed by atoms with Gasteiger partial charge in [0.25, 0.3) is 0 Å². The van der Waals surface area contributed by atoms with Crippen molar-refractivity contribution in [2.75, 3.05) is 20.3 Å². The minimum atomic E-state index is -0.433. The van der Waals surface area contributed by atoms with Crippen molar-refractivity contribution in [2.24, 2.45) is 5.41 Å². The molecule has 140 valence electrons. The average molecular weight is 358 g/mol. The first-order chi connectivity index (χ1) is 12.4. The number of likely N-dealkylation sites (N-methyl/N-ethyl adjacent to an activating group) is 1. The molecular formula is C20H26N2O4. The maximum atomic E-state index is 13.1. The molecule has 3 heterocycles. The molecule has 4 atom stereocenters. The third-order valence-corrected chi connectivity index (χ3v) is 6.45. The van der Waals surface area contributed by atoms with Gasteiger partial charge in [-0.05, 0) is 42.9 Å². The van der Waals surface area contributed by atoms with Gasteiger partial charge in [-0.2, -0.15) is 0 Å². The van der Waals surface area contributed by atoms with Crippen molar-refractivity contribution in [3.05, 3.63) is 23.8 Å². The van der Waals surface area contributed by atoms with Crippen LogP contribution in [0.2, 0.25) is 0 Å². The number of ether oxygens (including phenoxy) is 2. The molecule has 0 aromatic heterocycles. The zero-order chi connectivity index (χ0) is 18.6. The zero-order valence-electron chi connectivity index (χ0n) is 15.8. The van der Waals surface area contributed by atoms with Gasteiger partial charge in [-0.15, -0.1) is 0 Å². The fraction of sp³-hybridized carbons (Fsp3) is 0.600. The van der Waals surface area contributed by atoms with E-state index in [0.717, 1.165) is 23.5 Å². The Morgan fingerprint density at radius 3 is 2.54 bits per heavy atom. The minimum Gasteiger partial charge on any atom is -0.486 e. The van der Waals surface area contributed by atoms with Gasteiger partial charge in [0.2, 0.25) is 11.8 Å². The van der Waals surface area contributed by atoms with Gasteiger partial charge < -0.3 is 19.3 Å². The smallest absolute Gasteiger partial charge is 0.246 e. The van der Waals surface area contributed by atoms with Crippen molar-refractivity contribution in [1.82, 2.24) is 9.80 Å². The second-order valence-electron chi connectivity index (χ2n) is 7.90. The highest BCUT2D eigenvalue weighted by molar-refractivity contribution is 5.97. The second kappa shape index (κ2) is 5.89. The first-order valence-corrected chi connectivity index (χ1v) is 9.36. The first kappa shape index (κ1) is 17.2. The number of hydrogen-bond acceptors (Lipinski definition) is 4. The summed E-state index contributed by atoms with van der Waals surface area (Å²) < 4.78 is 11.4. The summed E-state index contributed by atoms with van der Waals surface area (Å²) in [6.07, 6.45) is 1.57. The van der Waals surface area contributed by atoms with Crippen LogP contribution in [0.1, 0.15) is 45.2 Å². The van der Waals surface area contributed by atoms with Crippen LogP contribution in [0.15, 0.2) is 18.2 Å². The van der Waals surface area contributed by atoms with Crippen molar-refractivity contribution in [2.45, 2.75) is 51.7 Å². The summed E-state index contributed by atoms with van der Waals surface area (Å²) in [4.78, 5) is 29.4. The van der Waals surface area contributed by atoms with Gasteiger partial charge in [0.15, 0.2) is 11.5 Å². The van der Waals surface area contributed by atoms with Gasteiger partial charge in [0.05, 0.1) is 6.04 Å². The molecule has 0 aliphatic carbocycles. The summed E-state index contributed by atoms with van der Waals surface area (Å²) in [7, 11) is 1.73. The number of hydrogen-bond donors (Lipinski definition) is 0. The number of piperazine rings is 1. The SMILES string of the molecule is CC[C@]1(C)C[C@H]2C(=O)N(C)[C@H](C)C(=O)N2[C@H]1c1ccc2c(c1)OCCO2. The maximum Gasteiger partial charge on any atom is 0.246 e. The quantitative estimate of drug-likeness (QED) is 0.814. The lowest BCUT2D eigenvalue weighted by Crippen LogP contribution is -2.60. The van der Waals surface area contributed by atoms with E-state index in [2.05, 4.69) is 13.8 Å². The highest BCUT2D eigenvalue weighted by Gasteiger charge is 2.57. The van der Waals surface area contributed by atoms with E-state index in [9.17, 15) is 9.59 Å². The molecule has 26 heavy (non-hydrogen) atoms. The van der Waals surface area contributed by atoms with Gasteiger partial charge >= 0.3 is 0 Å². The van der Waals surface area contributed by atoms with E-state index in [-0.39, 0.29) is 29.3 Å². The van der Waals surface area contributed by atoms with Crippen LogP contribution >= 0.6 is 0 Å². The number of benzene rings is 1. The molecule has 4 rings (SSSR count). The molecule has 0 N–H and O–H groups in total.